The minimum atomic E-state index is -5.07. The molecule has 0 bridgehead atoms. The van der Waals surface area contributed by atoms with Crippen LogP contribution in [0, 0.1) is 6.92 Å². The number of imide groups is 1. The molecule has 0 saturated carbocycles. The third-order valence-corrected chi connectivity index (χ3v) is 3.81. The average molecular weight is 344 g/mol. The summed E-state index contributed by atoms with van der Waals surface area (Å²) in [7, 11) is 0. The molecular formula is C14H11F3N2O3S. The quantitative estimate of drug-likeness (QED) is 0.856. The van der Waals surface area contributed by atoms with Crippen molar-refractivity contribution in [3.05, 3.63) is 40.3 Å². The zero-order valence-electron chi connectivity index (χ0n) is 11.8. The highest BCUT2D eigenvalue weighted by Crippen LogP contribution is 2.31. The van der Waals surface area contributed by atoms with Crippen molar-refractivity contribution in [2.24, 2.45) is 0 Å². The van der Waals surface area contributed by atoms with E-state index in [9.17, 15) is 27.6 Å². The molecule has 122 valence electrons. The van der Waals surface area contributed by atoms with E-state index < -0.39 is 29.9 Å². The van der Waals surface area contributed by atoms with Gasteiger partial charge in [0.05, 0.1) is 4.91 Å². The number of carbonyl (C=O) groups is 3. The number of alkyl halides is 3. The van der Waals surface area contributed by atoms with E-state index in [1.54, 1.807) is 12.1 Å². The van der Waals surface area contributed by atoms with Gasteiger partial charge in [0.25, 0.3) is 11.1 Å². The van der Waals surface area contributed by atoms with E-state index in [2.05, 4.69) is 0 Å². The summed E-state index contributed by atoms with van der Waals surface area (Å²) < 4.78 is 36.3. The first kappa shape index (κ1) is 17.1. The number of amides is 3. The van der Waals surface area contributed by atoms with Crippen LogP contribution in [0.3, 0.4) is 0 Å². The Labute approximate surface area is 133 Å². The highest BCUT2D eigenvalue weighted by atomic mass is 32.2. The summed E-state index contributed by atoms with van der Waals surface area (Å²) in [5.41, 5.74) is 1.70. The molecule has 1 aromatic rings. The van der Waals surface area contributed by atoms with Crippen LogP contribution in [-0.4, -0.2) is 34.8 Å². The minimum absolute atomic E-state index is 0.0834. The van der Waals surface area contributed by atoms with Crippen LogP contribution in [-0.2, 0) is 9.59 Å². The Balaban J connectivity index is 2.08. The zero-order chi connectivity index (χ0) is 17.2. The molecule has 1 N–H and O–H groups in total. The molecule has 0 aliphatic carbocycles. The molecule has 0 radical (unpaired) electrons. The van der Waals surface area contributed by atoms with Gasteiger partial charge in [-0.25, -0.2) is 0 Å². The molecule has 1 saturated heterocycles. The first-order chi connectivity index (χ1) is 10.7. The Kier molecular flexibility index (Phi) is 4.79. The van der Waals surface area contributed by atoms with Gasteiger partial charge >= 0.3 is 12.1 Å². The molecule has 1 fully saturated rings. The van der Waals surface area contributed by atoms with Crippen molar-refractivity contribution in [2.75, 3.05) is 6.67 Å². The molecule has 1 aliphatic rings. The highest BCUT2D eigenvalue weighted by Gasteiger charge is 2.41. The summed E-state index contributed by atoms with van der Waals surface area (Å²) in [5.74, 6) is -2.96. The number of hydrogen-bond acceptors (Lipinski definition) is 4. The monoisotopic (exact) mass is 344 g/mol. The van der Waals surface area contributed by atoms with Crippen molar-refractivity contribution in [2.45, 2.75) is 13.1 Å². The molecule has 1 heterocycles. The third-order valence-electron chi connectivity index (χ3n) is 2.90. The van der Waals surface area contributed by atoms with Crippen LogP contribution in [0.1, 0.15) is 11.1 Å². The number of carbonyl (C=O) groups excluding carboxylic acids is 3. The van der Waals surface area contributed by atoms with Gasteiger partial charge in [0.15, 0.2) is 0 Å². The van der Waals surface area contributed by atoms with Crippen molar-refractivity contribution < 1.29 is 27.6 Å². The first-order valence-electron chi connectivity index (χ1n) is 6.35. The molecule has 0 spiro atoms. The highest BCUT2D eigenvalue weighted by molar-refractivity contribution is 8.18. The van der Waals surface area contributed by atoms with Gasteiger partial charge in [-0.3, -0.25) is 19.3 Å². The van der Waals surface area contributed by atoms with Crippen molar-refractivity contribution in [3.63, 3.8) is 0 Å². The van der Waals surface area contributed by atoms with Crippen LogP contribution < -0.4 is 5.32 Å². The molecule has 0 aromatic heterocycles. The maximum absolute atomic E-state index is 12.1. The van der Waals surface area contributed by atoms with E-state index >= 15 is 0 Å². The lowest BCUT2D eigenvalue weighted by atomic mass is 10.1. The summed E-state index contributed by atoms with van der Waals surface area (Å²) in [5, 5.41) is 0.757. The van der Waals surface area contributed by atoms with Gasteiger partial charge < -0.3 is 5.32 Å². The Morgan fingerprint density at radius 3 is 2.43 bits per heavy atom. The van der Waals surface area contributed by atoms with E-state index in [0.717, 1.165) is 5.56 Å². The number of benzene rings is 1. The van der Waals surface area contributed by atoms with E-state index in [1.165, 1.54) is 11.4 Å². The van der Waals surface area contributed by atoms with Crippen LogP contribution in [0.4, 0.5) is 18.0 Å². The smallest absolute Gasteiger partial charge is 0.330 e. The number of hydrogen-bond donors (Lipinski definition) is 1. The van der Waals surface area contributed by atoms with Gasteiger partial charge in [-0.05, 0) is 30.3 Å². The summed E-state index contributed by atoms with van der Waals surface area (Å²) in [6.45, 7) is 1.06. The number of nitrogens with one attached hydrogen (secondary N) is 1. The summed E-state index contributed by atoms with van der Waals surface area (Å²) in [4.78, 5) is 35.1. The first-order valence-corrected chi connectivity index (χ1v) is 7.17. The van der Waals surface area contributed by atoms with E-state index in [1.807, 2.05) is 19.1 Å². The Hall–Kier alpha value is -2.29. The molecule has 1 aliphatic heterocycles. The van der Waals surface area contributed by atoms with Gasteiger partial charge in [-0.1, -0.05) is 29.8 Å². The van der Waals surface area contributed by atoms with Gasteiger partial charge in [0, 0.05) is 0 Å². The fraction of sp³-hybridized carbons (Fsp3) is 0.214. The number of halogens is 3. The SMILES string of the molecule is Cc1ccc(/C=C2\SC(=O)N(CNC(=O)C(F)(F)F)C2=O)cc1. The average Bonchev–Trinajstić information content (AvgIpc) is 2.72. The number of aryl methyl sites for hydroxylation is 1. The zero-order valence-corrected chi connectivity index (χ0v) is 12.6. The topological polar surface area (TPSA) is 66.5 Å². The Morgan fingerprint density at radius 2 is 1.87 bits per heavy atom. The van der Waals surface area contributed by atoms with Crippen LogP contribution in [0.25, 0.3) is 6.08 Å². The van der Waals surface area contributed by atoms with Gasteiger partial charge in [-0.15, -0.1) is 0 Å². The third kappa shape index (κ3) is 4.13. The van der Waals surface area contributed by atoms with Crippen LogP contribution >= 0.6 is 11.8 Å². The minimum Gasteiger partial charge on any atom is -0.330 e. The number of nitrogens with zero attached hydrogens (tertiary/aromatic N) is 1. The summed E-state index contributed by atoms with van der Waals surface area (Å²) in [6, 6.07) is 7.13. The maximum Gasteiger partial charge on any atom is 0.471 e. The second-order valence-corrected chi connectivity index (χ2v) is 5.68. The second kappa shape index (κ2) is 6.45. The largest absolute Gasteiger partial charge is 0.471 e. The maximum atomic E-state index is 12.1. The van der Waals surface area contributed by atoms with Crippen molar-refractivity contribution >= 4 is 34.9 Å². The molecule has 9 heteroatoms. The van der Waals surface area contributed by atoms with Crippen LogP contribution in [0.5, 0.6) is 0 Å². The standard InChI is InChI=1S/C14H11F3N2O3S/c1-8-2-4-9(5-3-8)6-10-11(20)19(13(22)23-10)7-18-12(21)14(15,16)17/h2-6H,7H2,1H3,(H,18,21)/b10-6-. The Morgan fingerprint density at radius 1 is 1.26 bits per heavy atom. The van der Waals surface area contributed by atoms with Crippen molar-refractivity contribution in [3.8, 4) is 0 Å². The second-order valence-electron chi connectivity index (χ2n) is 4.68. The fourth-order valence-corrected chi connectivity index (χ4v) is 2.54. The Bertz CT molecular complexity index is 684. The van der Waals surface area contributed by atoms with Gasteiger partial charge in [0.2, 0.25) is 0 Å². The predicted molar refractivity (Wildman–Crippen MR) is 78.1 cm³/mol. The normalized spacial score (nSPS) is 17.0. The van der Waals surface area contributed by atoms with E-state index in [0.29, 0.717) is 22.2 Å². The molecule has 1 aromatic carbocycles. The van der Waals surface area contributed by atoms with Gasteiger partial charge in [0.1, 0.15) is 6.67 Å². The molecule has 0 atom stereocenters. The van der Waals surface area contributed by atoms with Crippen molar-refractivity contribution in [1.29, 1.82) is 0 Å². The lowest BCUT2D eigenvalue weighted by molar-refractivity contribution is -0.174. The predicted octanol–water partition coefficient (Wildman–Crippen LogP) is 2.67. The van der Waals surface area contributed by atoms with Crippen molar-refractivity contribution in [1.82, 2.24) is 10.2 Å². The molecule has 0 unspecified atom stereocenters. The van der Waals surface area contributed by atoms with E-state index in [4.69, 9.17) is 0 Å². The molecule has 2 rings (SSSR count). The lowest BCUT2D eigenvalue weighted by Crippen LogP contribution is -2.45. The van der Waals surface area contributed by atoms with Gasteiger partial charge in [-0.2, -0.15) is 13.2 Å². The molecule has 5 nitrogen and oxygen atoms in total. The lowest BCUT2D eigenvalue weighted by Gasteiger charge is -2.14. The van der Waals surface area contributed by atoms with Crippen LogP contribution in [0.15, 0.2) is 29.2 Å². The van der Waals surface area contributed by atoms with E-state index in [-0.39, 0.29) is 4.91 Å². The summed E-state index contributed by atoms with van der Waals surface area (Å²) in [6.07, 6.45) is -3.60. The number of thioether (sulfide) groups is 1. The molecule has 23 heavy (non-hydrogen) atoms. The molecular weight excluding hydrogens is 333 g/mol. The number of rotatable bonds is 3. The molecule has 3 amide bonds. The fourth-order valence-electron chi connectivity index (χ4n) is 1.70. The summed E-state index contributed by atoms with van der Waals surface area (Å²) >= 11 is 0.606. The van der Waals surface area contributed by atoms with Crippen LogP contribution in [0.2, 0.25) is 0 Å².